The van der Waals surface area contributed by atoms with Gasteiger partial charge in [0.1, 0.15) is 0 Å². The van der Waals surface area contributed by atoms with Crippen LogP contribution in [-0.2, 0) is 9.20 Å². The van der Waals surface area contributed by atoms with E-state index in [0.717, 1.165) is 12.5 Å². The lowest BCUT2D eigenvalue weighted by atomic mass is 10.5. The fourth-order valence-corrected chi connectivity index (χ4v) is 1.33. The summed E-state index contributed by atoms with van der Waals surface area (Å²) >= 11 is 0. The fourth-order valence-electron chi connectivity index (χ4n) is 0.692. The first-order valence-electron chi connectivity index (χ1n) is 3.95. The highest BCUT2D eigenvalue weighted by Gasteiger charge is 1.95. The van der Waals surface area contributed by atoms with Crippen LogP contribution in [0.2, 0.25) is 12.6 Å². The SMILES string of the molecule is C[Si](=O)CCCOCCCO. The van der Waals surface area contributed by atoms with Crippen LogP contribution in [0.3, 0.4) is 0 Å². The first-order chi connectivity index (χ1) is 5.27. The van der Waals surface area contributed by atoms with E-state index in [-0.39, 0.29) is 6.61 Å². The summed E-state index contributed by atoms with van der Waals surface area (Å²) in [4.78, 5) is 0. The molecule has 4 heteroatoms. The average molecular weight is 176 g/mol. The van der Waals surface area contributed by atoms with Crippen molar-refractivity contribution in [1.82, 2.24) is 0 Å². The Kier molecular flexibility index (Phi) is 7.99. The third-order valence-corrected chi connectivity index (χ3v) is 2.32. The second-order valence-corrected chi connectivity index (χ2v) is 4.40. The van der Waals surface area contributed by atoms with Crippen LogP contribution in [0.25, 0.3) is 0 Å². The highest BCUT2D eigenvalue weighted by atomic mass is 28.3. The molecule has 0 saturated heterocycles. The number of aliphatic hydroxyl groups is 1. The van der Waals surface area contributed by atoms with Gasteiger partial charge in [-0.3, -0.25) is 0 Å². The van der Waals surface area contributed by atoms with Crippen LogP contribution in [-0.4, -0.2) is 33.6 Å². The van der Waals surface area contributed by atoms with Crippen molar-refractivity contribution in [2.24, 2.45) is 0 Å². The summed E-state index contributed by atoms with van der Waals surface area (Å²) < 4.78 is 15.8. The molecule has 0 aromatic carbocycles. The zero-order valence-corrected chi connectivity index (χ0v) is 8.01. The molecule has 0 rings (SSSR count). The lowest BCUT2D eigenvalue weighted by molar-refractivity contribution is 0.116. The Bertz CT molecular complexity index is 106. The lowest BCUT2D eigenvalue weighted by Crippen LogP contribution is -2.01. The van der Waals surface area contributed by atoms with E-state index >= 15 is 0 Å². The molecule has 1 N–H and O–H groups in total. The molecule has 0 radical (unpaired) electrons. The average Bonchev–Trinajstić information content (AvgIpc) is 1.96. The summed E-state index contributed by atoms with van der Waals surface area (Å²) in [5, 5.41) is 8.39. The van der Waals surface area contributed by atoms with Crippen LogP contribution in [0.15, 0.2) is 0 Å². The van der Waals surface area contributed by atoms with Gasteiger partial charge in [-0.1, -0.05) is 0 Å². The normalized spacial score (nSPS) is 10.0. The van der Waals surface area contributed by atoms with E-state index in [1.54, 1.807) is 6.55 Å². The molecule has 0 fully saturated rings. The molecule has 0 saturated carbocycles. The molecule has 0 amide bonds. The van der Waals surface area contributed by atoms with Gasteiger partial charge in [-0.25, -0.2) is 0 Å². The van der Waals surface area contributed by atoms with Gasteiger partial charge in [0.25, 0.3) is 8.68 Å². The maximum atomic E-state index is 10.6. The molecular formula is C7H16O3Si. The third kappa shape index (κ3) is 9.94. The Morgan fingerprint density at radius 1 is 1.36 bits per heavy atom. The maximum Gasteiger partial charge on any atom is 0.273 e. The number of hydrogen-bond donors (Lipinski definition) is 1. The standard InChI is InChI=1S/C7H16O3Si/c1-11(9)7-3-6-10-5-2-4-8/h8H,2-7H2,1H3. The second-order valence-electron chi connectivity index (χ2n) is 2.50. The van der Waals surface area contributed by atoms with Gasteiger partial charge in [-0.2, -0.15) is 0 Å². The summed E-state index contributed by atoms with van der Waals surface area (Å²) in [6.07, 6.45) is 1.57. The first kappa shape index (κ1) is 10.9. The Morgan fingerprint density at radius 3 is 2.55 bits per heavy atom. The number of rotatable bonds is 7. The van der Waals surface area contributed by atoms with Gasteiger partial charge >= 0.3 is 0 Å². The van der Waals surface area contributed by atoms with Crippen LogP contribution in [0, 0.1) is 0 Å². The van der Waals surface area contributed by atoms with Gasteiger partial charge in [-0.05, 0) is 25.4 Å². The van der Waals surface area contributed by atoms with Crippen LogP contribution in [0.4, 0.5) is 0 Å². The summed E-state index contributed by atoms with van der Waals surface area (Å²) in [6, 6.07) is 0.782. The van der Waals surface area contributed by atoms with Crippen molar-refractivity contribution in [2.75, 3.05) is 19.8 Å². The van der Waals surface area contributed by atoms with Gasteiger partial charge in [0, 0.05) is 19.8 Å². The lowest BCUT2D eigenvalue weighted by Gasteiger charge is -2.00. The van der Waals surface area contributed by atoms with Gasteiger partial charge in [0.15, 0.2) is 0 Å². The summed E-state index contributed by atoms with van der Waals surface area (Å²) in [5.41, 5.74) is 0. The fraction of sp³-hybridized carbons (Fsp3) is 1.00. The highest BCUT2D eigenvalue weighted by Crippen LogP contribution is 1.92. The van der Waals surface area contributed by atoms with Crippen LogP contribution in [0.5, 0.6) is 0 Å². The van der Waals surface area contributed by atoms with E-state index in [9.17, 15) is 4.46 Å². The minimum Gasteiger partial charge on any atom is -0.396 e. The molecule has 0 aromatic rings. The van der Waals surface area contributed by atoms with E-state index in [2.05, 4.69) is 0 Å². The second kappa shape index (κ2) is 8.04. The smallest absolute Gasteiger partial charge is 0.273 e. The molecule has 0 aliphatic heterocycles. The zero-order valence-electron chi connectivity index (χ0n) is 7.01. The van der Waals surface area contributed by atoms with Gasteiger partial charge in [0.2, 0.25) is 0 Å². The Balaban J connectivity index is 2.85. The molecule has 0 aliphatic carbocycles. The van der Waals surface area contributed by atoms with Gasteiger partial charge in [-0.15, -0.1) is 0 Å². The quantitative estimate of drug-likeness (QED) is 0.461. The molecule has 66 valence electrons. The van der Waals surface area contributed by atoms with Crippen molar-refractivity contribution in [1.29, 1.82) is 0 Å². The first-order valence-corrected chi connectivity index (χ1v) is 6.07. The maximum absolute atomic E-state index is 10.6. The van der Waals surface area contributed by atoms with Crippen LogP contribution >= 0.6 is 0 Å². The van der Waals surface area contributed by atoms with E-state index in [0.29, 0.717) is 19.6 Å². The highest BCUT2D eigenvalue weighted by molar-refractivity contribution is 6.40. The molecule has 0 spiro atoms. The van der Waals surface area contributed by atoms with E-state index in [1.165, 1.54) is 0 Å². The predicted molar refractivity (Wildman–Crippen MR) is 44.3 cm³/mol. The van der Waals surface area contributed by atoms with Crippen LogP contribution < -0.4 is 0 Å². The van der Waals surface area contributed by atoms with E-state index in [1.807, 2.05) is 0 Å². The van der Waals surface area contributed by atoms with Crippen molar-refractivity contribution in [3.8, 4) is 0 Å². The minimum atomic E-state index is -1.31. The monoisotopic (exact) mass is 176 g/mol. The minimum absolute atomic E-state index is 0.185. The Hall–Kier alpha value is -0.0631. The molecule has 0 unspecified atom stereocenters. The summed E-state index contributed by atoms with van der Waals surface area (Å²) in [6.45, 7) is 3.23. The molecule has 11 heavy (non-hydrogen) atoms. The predicted octanol–water partition coefficient (Wildman–Crippen LogP) is 0.827. The van der Waals surface area contributed by atoms with Gasteiger partial charge < -0.3 is 14.3 Å². The zero-order chi connectivity index (χ0) is 8.53. The van der Waals surface area contributed by atoms with Gasteiger partial charge in [0.05, 0.1) is 0 Å². The van der Waals surface area contributed by atoms with Crippen molar-refractivity contribution < 1.29 is 14.3 Å². The molecule has 0 aromatic heterocycles. The van der Waals surface area contributed by atoms with Crippen molar-refractivity contribution >= 4 is 8.68 Å². The molecule has 0 atom stereocenters. The summed E-state index contributed by atoms with van der Waals surface area (Å²) in [5.74, 6) is 0. The number of hydrogen-bond acceptors (Lipinski definition) is 3. The molecule has 0 heterocycles. The topological polar surface area (TPSA) is 46.5 Å². The van der Waals surface area contributed by atoms with Crippen LogP contribution in [0.1, 0.15) is 12.8 Å². The molecule has 3 nitrogen and oxygen atoms in total. The van der Waals surface area contributed by atoms with Crippen molar-refractivity contribution in [3.63, 3.8) is 0 Å². The van der Waals surface area contributed by atoms with E-state index in [4.69, 9.17) is 9.84 Å². The number of ether oxygens (including phenoxy) is 1. The summed E-state index contributed by atoms with van der Waals surface area (Å²) in [7, 11) is -1.31. The molecule has 0 bridgehead atoms. The van der Waals surface area contributed by atoms with Crippen molar-refractivity contribution in [3.05, 3.63) is 0 Å². The number of aliphatic hydroxyl groups excluding tert-OH is 1. The molecular weight excluding hydrogens is 160 g/mol. The Morgan fingerprint density at radius 2 is 2.00 bits per heavy atom. The molecule has 0 aliphatic rings. The Labute approximate surface area is 69.0 Å². The largest absolute Gasteiger partial charge is 0.396 e. The van der Waals surface area contributed by atoms with Crippen molar-refractivity contribution in [2.45, 2.75) is 25.4 Å². The third-order valence-electron chi connectivity index (χ3n) is 1.26. The van der Waals surface area contributed by atoms with E-state index < -0.39 is 8.68 Å².